The van der Waals surface area contributed by atoms with Crippen LogP contribution in [0.1, 0.15) is 15.9 Å². The van der Waals surface area contributed by atoms with E-state index in [4.69, 9.17) is 5.84 Å². The second-order valence-electron chi connectivity index (χ2n) is 4.64. The molecule has 0 unspecified atom stereocenters. The van der Waals surface area contributed by atoms with Crippen LogP contribution in [-0.4, -0.2) is 11.8 Å². The highest BCUT2D eigenvalue weighted by Crippen LogP contribution is 2.03. The maximum atomic E-state index is 12.1. The summed E-state index contributed by atoms with van der Waals surface area (Å²) in [7, 11) is 0. The van der Waals surface area contributed by atoms with Crippen molar-refractivity contribution in [3.05, 3.63) is 89.6 Å². The molecule has 23 heavy (non-hydrogen) atoms. The molecular formula is C18H17N3O2. The fourth-order valence-electron chi connectivity index (χ4n) is 1.86. The highest BCUT2D eigenvalue weighted by atomic mass is 16.2. The van der Waals surface area contributed by atoms with Gasteiger partial charge in [0, 0.05) is 5.56 Å². The highest BCUT2D eigenvalue weighted by molar-refractivity contribution is 6.02. The summed E-state index contributed by atoms with van der Waals surface area (Å²) in [6.07, 6.45) is 4.99. The highest BCUT2D eigenvalue weighted by Gasteiger charge is 2.12. The molecule has 4 N–H and O–H groups in total. The summed E-state index contributed by atoms with van der Waals surface area (Å²) in [5, 5.41) is 2.55. The molecule has 0 saturated carbocycles. The van der Waals surface area contributed by atoms with E-state index in [2.05, 4.69) is 5.32 Å². The minimum Gasteiger partial charge on any atom is -0.317 e. The Balaban J connectivity index is 2.14. The van der Waals surface area contributed by atoms with Gasteiger partial charge in [-0.2, -0.15) is 0 Å². The van der Waals surface area contributed by atoms with E-state index in [1.807, 2.05) is 47.9 Å². The standard InChI is InChI=1S/C18H17N3O2/c19-21-18(23)16(13-7-10-14-8-3-1-4-9-14)20-17(22)15-11-5-2-6-12-15/h1-13H,19H2,(H,20,22)(H,21,23)/b10-7+,16-13-. The van der Waals surface area contributed by atoms with E-state index in [0.29, 0.717) is 5.56 Å². The van der Waals surface area contributed by atoms with Crippen molar-refractivity contribution in [2.24, 2.45) is 5.84 Å². The van der Waals surface area contributed by atoms with E-state index in [1.165, 1.54) is 6.08 Å². The third-order valence-corrected chi connectivity index (χ3v) is 3.01. The first kappa shape index (κ1) is 16.2. The molecule has 0 heterocycles. The quantitative estimate of drug-likeness (QED) is 0.260. The van der Waals surface area contributed by atoms with E-state index in [1.54, 1.807) is 30.3 Å². The van der Waals surface area contributed by atoms with Gasteiger partial charge in [0.05, 0.1) is 0 Å². The van der Waals surface area contributed by atoms with Crippen molar-refractivity contribution in [1.82, 2.24) is 10.7 Å². The Kier molecular flexibility index (Phi) is 5.85. The molecule has 0 aliphatic carbocycles. The maximum Gasteiger partial charge on any atom is 0.281 e. The first-order valence-corrected chi connectivity index (χ1v) is 7.01. The second-order valence-corrected chi connectivity index (χ2v) is 4.64. The smallest absolute Gasteiger partial charge is 0.281 e. The van der Waals surface area contributed by atoms with Crippen LogP contribution in [0.3, 0.4) is 0 Å². The zero-order chi connectivity index (χ0) is 16.5. The molecule has 116 valence electrons. The number of hydrazine groups is 1. The summed E-state index contributed by atoms with van der Waals surface area (Å²) in [5.74, 6) is 4.20. The molecule has 0 atom stereocenters. The number of carbonyl (C=O) groups excluding carboxylic acids is 2. The van der Waals surface area contributed by atoms with Gasteiger partial charge in [-0.25, -0.2) is 5.84 Å². The van der Waals surface area contributed by atoms with Gasteiger partial charge in [-0.15, -0.1) is 0 Å². The summed E-state index contributed by atoms with van der Waals surface area (Å²) in [6.45, 7) is 0. The molecule has 0 fully saturated rings. The number of nitrogens with two attached hydrogens (primary N) is 1. The van der Waals surface area contributed by atoms with Crippen LogP contribution in [-0.2, 0) is 4.79 Å². The second kappa shape index (κ2) is 8.31. The van der Waals surface area contributed by atoms with Crippen LogP contribution >= 0.6 is 0 Å². The van der Waals surface area contributed by atoms with Crippen LogP contribution < -0.4 is 16.6 Å². The van der Waals surface area contributed by atoms with E-state index < -0.39 is 5.91 Å². The Morgan fingerprint density at radius 3 is 2.13 bits per heavy atom. The number of hydrogen-bond acceptors (Lipinski definition) is 3. The lowest BCUT2D eigenvalue weighted by atomic mass is 10.2. The normalized spacial score (nSPS) is 11.3. The SMILES string of the molecule is NNC(=O)/C(=C/C=C/c1ccccc1)NC(=O)c1ccccc1. The lowest BCUT2D eigenvalue weighted by Crippen LogP contribution is -2.38. The van der Waals surface area contributed by atoms with Gasteiger partial charge < -0.3 is 5.32 Å². The van der Waals surface area contributed by atoms with Gasteiger partial charge in [0.25, 0.3) is 11.8 Å². The van der Waals surface area contributed by atoms with Crippen molar-refractivity contribution in [2.45, 2.75) is 0 Å². The van der Waals surface area contributed by atoms with Crippen LogP contribution in [0.5, 0.6) is 0 Å². The topological polar surface area (TPSA) is 84.2 Å². The zero-order valence-electron chi connectivity index (χ0n) is 12.4. The molecule has 5 nitrogen and oxygen atoms in total. The molecule has 0 radical (unpaired) electrons. The number of nitrogens with one attached hydrogen (secondary N) is 2. The number of benzene rings is 2. The molecule has 0 aliphatic rings. The van der Waals surface area contributed by atoms with Crippen LogP contribution in [0.25, 0.3) is 6.08 Å². The lowest BCUT2D eigenvalue weighted by molar-refractivity contribution is -0.117. The first-order chi connectivity index (χ1) is 11.2. The van der Waals surface area contributed by atoms with Crippen molar-refractivity contribution < 1.29 is 9.59 Å². The summed E-state index contributed by atoms with van der Waals surface area (Å²) in [5.41, 5.74) is 3.51. The van der Waals surface area contributed by atoms with Crippen molar-refractivity contribution in [1.29, 1.82) is 0 Å². The lowest BCUT2D eigenvalue weighted by Gasteiger charge is -2.07. The van der Waals surface area contributed by atoms with E-state index in [0.717, 1.165) is 5.56 Å². The summed E-state index contributed by atoms with van der Waals surface area (Å²) in [4.78, 5) is 23.9. The molecule has 2 aromatic rings. The average Bonchev–Trinajstić information content (AvgIpc) is 2.61. The van der Waals surface area contributed by atoms with Gasteiger partial charge in [0.15, 0.2) is 0 Å². The maximum absolute atomic E-state index is 12.1. The van der Waals surface area contributed by atoms with Crippen molar-refractivity contribution >= 4 is 17.9 Å². The summed E-state index contributed by atoms with van der Waals surface area (Å²) in [6, 6.07) is 18.2. The minimum atomic E-state index is -0.577. The average molecular weight is 307 g/mol. The Morgan fingerprint density at radius 2 is 1.52 bits per heavy atom. The van der Waals surface area contributed by atoms with Crippen LogP contribution in [0.15, 0.2) is 78.5 Å². The molecule has 5 heteroatoms. The monoisotopic (exact) mass is 307 g/mol. The van der Waals surface area contributed by atoms with Gasteiger partial charge >= 0.3 is 0 Å². The summed E-state index contributed by atoms with van der Waals surface area (Å²) < 4.78 is 0. The van der Waals surface area contributed by atoms with Gasteiger partial charge in [0.2, 0.25) is 0 Å². The minimum absolute atomic E-state index is 0.0635. The fraction of sp³-hybridized carbons (Fsp3) is 0. The molecule has 0 aliphatic heterocycles. The van der Waals surface area contributed by atoms with Crippen molar-refractivity contribution in [3.63, 3.8) is 0 Å². The molecule has 0 bridgehead atoms. The van der Waals surface area contributed by atoms with Gasteiger partial charge in [-0.05, 0) is 23.8 Å². The Bertz CT molecular complexity index is 722. The zero-order valence-corrected chi connectivity index (χ0v) is 12.4. The van der Waals surface area contributed by atoms with Crippen molar-refractivity contribution in [2.75, 3.05) is 0 Å². The molecule has 0 spiro atoms. The molecular weight excluding hydrogens is 290 g/mol. The Labute approximate surface area is 134 Å². The Morgan fingerprint density at radius 1 is 0.913 bits per heavy atom. The predicted molar refractivity (Wildman–Crippen MR) is 89.8 cm³/mol. The van der Waals surface area contributed by atoms with E-state index in [-0.39, 0.29) is 11.6 Å². The molecule has 2 amide bonds. The predicted octanol–water partition coefficient (Wildman–Crippen LogP) is 2.00. The third kappa shape index (κ3) is 4.94. The van der Waals surface area contributed by atoms with Gasteiger partial charge in [-0.3, -0.25) is 15.0 Å². The number of allylic oxidation sites excluding steroid dienone is 2. The number of amides is 2. The molecule has 2 rings (SSSR count). The molecule has 0 saturated heterocycles. The van der Waals surface area contributed by atoms with Gasteiger partial charge in [0.1, 0.15) is 5.70 Å². The largest absolute Gasteiger partial charge is 0.317 e. The van der Waals surface area contributed by atoms with Crippen LogP contribution in [0.4, 0.5) is 0 Å². The summed E-state index contributed by atoms with van der Waals surface area (Å²) >= 11 is 0. The molecule has 0 aromatic heterocycles. The van der Waals surface area contributed by atoms with Gasteiger partial charge in [-0.1, -0.05) is 60.7 Å². The number of carbonyl (C=O) groups is 2. The van der Waals surface area contributed by atoms with E-state index in [9.17, 15) is 9.59 Å². The first-order valence-electron chi connectivity index (χ1n) is 7.01. The van der Waals surface area contributed by atoms with Crippen LogP contribution in [0, 0.1) is 0 Å². The van der Waals surface area contributed by atoms with Crippen LogP contribution in [0.2, 0.25) is 0 Å². The Hall–Kier alpha value is -3.18. The number of rotatable bonds is 5. The number of hydrogen-bond donors (Lipinski definition) is 3. The molecule has 2 aromatic carbocycles. The van der Waals surface area contributed by atoms with E-state index >= 15 is 0 Å². The fourth-order valence-corrected chi connectivity index (χ4v) is 1.86. The third-order valence-electron chi connectivity index (χ3n) is 3.01. The van der Waals surface area contributed by atoms with Crippen molar-refractivity contribution in [3.8, 4) is 0 Å².